The van der Waals surface area contributed by atoms with E-state index in [1.165, 1.54) is 10.6 Å². The van der Waals surface area contributed by atoms with Crippen LogP contribution >= 0.6 is 0 Å². The van der Waals surface area contributed by atoms with Crippen LogP contribution in [0, 0.1) is 0 Å². The summed E-state index contributed by atoms with van der Waals surface area (Å²) in [5.74, 6) is 0.187. The fraction of sp³-hybridized carbons (Fsp3) is 0.600. The van der Waals surface area contributed by atoms with Crippen LogP contribution in [-0.2, 0) is 4.74 Å². The second-order valence-electron chi connectivity index (χ2n) is 3.88. The summed E-state index contributed by atoms with van der Waals surface area (Å²) in [6.45, 7) is 1.93. The zero-order valence-electron chi connectivity index (χ0n) is 9.04. The summed E-state index contributed by atoms with van der Waals surface area (Å²) >= 11 is 0. The molecule has 0 radical (unpaired) electrons. The van der Waals surface area contributed by atoms with Gasteiger partial charge in [0, 0.05) is 12.6 Å². The molecule has 1 aromatic heterocycles. The minimum Gasteiger partial charge on any atom is -0.390 e. The molecule has 6 nitrogen and oxygen atoms in total. The van der Waals surface area contributed by atoms with E-state index in [1.54, 1.807) is 6.20 Å². The highest BCUT2D eigenvalue weighted by Crippen LogP contribution is 2.28. The van der Waals surface area contributed by atoms with Gasteiger partial charge >= 0.3 is 5.69 Å². The highest BCUT2D eigenvalue weighted by atomic mass is 16.5. The molecule has 2 rings (SSSR count). The molecule has 0 spiro atoms. The van der Waals surface area contributed by atoms with Crippen molar-refractivity contribution >= 4 is 5.82 Å². The molecule has 6 heteroatoms. The Kier molecular flexibility index (Phi) is 2.93. The maximum Gasteiger partial charge on any atom is 0.351 e. The van der Waals surface area contributed by atoms with Crippen molar-refractivity contribution in [3.63, 3.8) is 0 Å². The minimum absolute atomic E-state index is 0.187. The third kappa shape index (κ3) is 1.94. The van der Waals surface area contributed by atoms with Crippen molar-refractivity contribution in [1.82, 2.24) is 9.55 Å². The number of aliphatic hydroxyl groups excluding tert-OH is 1. The van der Waals surface area contributed by atoms with Crippen molar-refractivity contribution in [2.45, 2.75) is 38.2 Å². The third-order valence-electron chi connectivity index (χ3n) is 2.77. The molecule has 0 bridgehead atoms. The first kappa shape index (κ1) is 11.1. The molecule has 3 atom stereocenters. The monoisotopic (exact) mass is 225 g/mol. The number of nitrogens with two attached hydrogens (primary N) is 1. The zero-order chi connectivity index (χ0) is 11.7. The van der Waals surface area contributed by atoms with Crippen LogP contribution in [0.15, 0.2) is 17.1 Å². The van der Waals surface area contributed by atoms with E-state index in [9.17, 15) is 9.90 Å². The molecule has 88 valence electrons. The van der Waals surface area contributed by atoms with E-state index in [4.69, 9.17) is 10.5 Å². The van der Waals surface area contributed by atoms with Crippen molar-refractivity contribution < 1.29 is 9.84 Å². The van der Waals surface area contributed by atoms with E-state index in [2.05, 4.69) is 4.98 Å². The quantitative estimate of drug-likeness (QED) is 0.732. The summed E-state index contributed by atoms with van der Waals surface area (Å²) in [6, 6.07) is 1.54. The molecule has 1 aliphatic rings. The van der Waals surface area contributed by atoms with Crippen molar-refractivity contribution in [1.29, 1.82) is 0 Å². The molecule has 0 amide bonds. The van der Waals surface area contributed by atoms with Gasteiger partial charge in [-0.05, 0) is 12.5 Å². The van der Waals surface area contributed by atoms with Crippen LogP contribution in [0.3, 0.4) is 0 Å². The van der Waals surface area contributed by atoms with Crippen LogP contribution < -0.4 is 11.4 Å². The van der Waals surface area contributed by atoms with E-state index in [-0.39, 0.29) is 11.9 Å². The predicted octanol–water partition coefficient (Wildman–Crippen LogP) is -0.116. The second-order valence-corrected chi connectivity index (χ2v) is 3.88. The predicted molar refractivity (Wildman–Crippen MR) is 57.7 cm³/mol. The Morgan fingerprint density at radius 1 is 1.75 bits per heavy atom. The molecule has 0 unspecified atom stereocenters. The number of hydrogen-bond donors (Lipinski definition) is 2. The van der Waals surface area contributed by atoms with Gasteiger partial charge in [0.05, 0.1) is 12.2 Å². The molecule has 1 aromatic rings. The molecular formula is C10H15N3O3. The van der Waals surface area contributed by atoms with Crippen LogP contribution in [-0.4, -0.2) is 26.9 Å². The minimum atomic E-state index is -0.528. The summed E-state index contributed by atoms with van der Waals surface area (Å²) in [7, 11) is 0. The van der Waals surface area contributed by atoms with Gasteiger partial charge in [0.1, 0.15) is 12.0 Å². The smallest absolute Gasteiger partial charge is 0.351 e. The Bertz CT molecular complexity index is 432. The van der Waals surface area contributed by atoms with Gasteiger partial charge in [0.15, 0.2) is 0 Å². The topological polar surface area (TPSA) is 90.4 Å². The summed E-state index contributed by atoms with van der Waals surface area (Å²) in [5, 5.41) is 9.68. The van der Waals surface area contributed by atoms with Crippen molar-refractivity contribution in [2.24, 2.45) is 0 Å². The lowest BCUT2D eigenvalue weighted by molar-refractivity contribution is -0.0216. The van der Waals surface area contributed by atoms with Crippen molar-refractivity contribution in [2.75, 3.05) is 5.73 Å². The fourth-order valence-electron chi connectivity index (χ4n) is 1.90. The lowest BCUT2D eigenvalue weighted by Crippen LogP contribution is -2.27. The summed E-state index contributed by atoms with van der Waals surface area (Å²) in [4.78, 5) is 15.2. The Balaban J connectivity index is 2.23. The van der Waals surface area contributed by atoms with Gasteiger partial charge in [-0.15, -0.1) is 0 Å². The average molecular weight is 225 g/mol. The summed E-state index contributed by atoms with van der Waals surface area (Å²) in [6.07, 6.45) is 1.48. The molecule has 1 fully saturated rings. The van der Waals surface area contributed by atoms with Crippen molar-refractivity contribution in [3.05, 3.63) is 22.7 Å². The zero-order valence-corrected chi connectivity index (χ0v) is 9.04. The van der Waals surface area contributed by atoms with Crippen LogP contribution in [0.25, 0.3) is 0 Å². The number of rotatable bonds is 2. The normalized spacial score (nSPS) is 29.5. The highest BCUT2D eigenvalue weighted by Gasteiger charge is 2.34. The molecular weight excluding hydrogens is 210 g/mol. The number of anilines is 1. The van der Waals surface area contributed by atoms with Crippen molar-refractivity contribution in [3.8, 4) is 0 Å². The molecule has 2 heterocycles. The number of nitrogen functional groups attached to an aromatic ring is 1. The van der Waals surface area contributed by atoms with Gasteiger partial charge in [0.25, 0.3) is 0 Å². The largest absolute Gasteiger partial charge is 0.390 e. The lowest BCUT2D eigenvalue weighted by Gasteiger charge is -2.14. The first-order valence-electron chi connectivity index (χ1n) is 5.30. The van der Waals surface area contributed by atoms with Crippen LogP contribution in [0.5, 0.6) is 0 Å². The number of ether oxygens (including phenoxy) is 1. The molecule has 0 aliphatic carbocycles. The van der Waals surface area contributed by atoms with E-state index in [0.717, 1.165) is 6.42 Å². The number of aliphatic hydroxyl groups is 1. The Labute approximate surface area is 92.7 Å². The van der Waals surface area contributed by atoms with Crippen LogP contribution in [0.4, 0.5) is 5.82 Å². The van der Waals surface area contributed by atoms with E-state index in [0.29, 0.717) is 6.42 Å². The molecule has 0 aromatic carbocycles. The maximum atomic E-state index is 11.5. The van der Waals surface area contributed by atoms with Crippen LogP contribution in [0.1, 0.15) is 26.0 Å². The number of nitrogens with zero attached hydrogens (tertiary/aromatic N) is 2. The number of aromatic nitrogens is 2. The van der Waals surface area contributed by atoms with Gasteiger partial charge in [-0.1, -0.05) is 6.92 Å². The van der Waals surface area contributed by atoms with Gasteiger partial charge in [-0.2, -0.15) is 4.98 Å². The van der Waals surface area contributed by atoms with E-state index >= 15 is 0 Å². The van der Waals surface area contributed by atoms with Gasteiger partial charge in [-0.25, -0.2) is 4.79 Å². The SMILES string of the molecule is CC[C@@H]1O[C@H](n2ccc(N)nc2=O)C[C@@H]1O. The highest BCUT2D eigenvalue weighted by molar-refractivity contribution is 5.23. The Hall–Kier alpha value is -1.40. The molecule has 3 N–H and O–H groups in total. The van der Waals surface area contributed by atoms with E-state index < -0.39 is 18.0 Å². The number of hydrogen-bond acceptors (Lipinski definition) is 5. The standard InChI is InChI=1S/C10H15N3O3/c1-2-7-6(14)5-9(16-7)13-4-3-8(11)12-10(13)15/h3-4,6-7,9,14H,2,5H2,1H3,(H2,11,12,15)/t6-,7-,9-/m0/s1. The lowest BCUT2D eigenvalue weighted by atomic mass is 10.1. The molecule has 16 heavy (non-hydrogen) atoms. The summed E-state index contributed by atoms with van der Waals surface area (Å²) in [5.41, 5.74) is 4.94. The first-order valence-corrected chi connectivity index (χ1v) is 5.30. The Morgan fingerprint density at radius 3 is 3.06 bits per heavy atom. The molecule has 0 saturated carbocycles. The Morgan fingerprint density at radius 2 is 2.50 bits per heavy atom. The molecule has 1 aliphatic heterocycles. The van der Waals surface area contributed by atoms with Crippen LogP contribution in [0.2, 0.25) is 0 Å². The van der Waals surface area contributed by atoms with Gasteiger partial charge < -0.3 is 15.6 Å². The summed E-state index contributed by atoms with van der Waals surface area (Å²) < 4.78 is 6.92. The first-order chi connectivity index (χ1) is 7.61. The average Bonchev–Trinajstić information content (AvgIpc) is 2.59. The fourth-order valence-corrected chi connectivity index (χ4v) is 1.90. The van der Waals surface area contributed by atoms with Gasteiger partial charge in [0.2, 0.25) is 0 Å². The maximum absolute atomic E-state index is 11.5. The van der Waals surface area contributed by atoms with Gasteiger partial charge in [-0.3, -0.25) is 4.57 Å². The second kappa shape index (κ2) is 4.23. The third-order valence-corrected chi connectivity index (χ3v) is 2.77. The molecule has 1 saturated heterocycles. The van der Waals surface area contributed by atoms with E-state index in [1.807, 2.05) is 6.92 Å².